The Kier molecular flexibility index (Phi) is 5.42. The lowest BCUT2D eigenvalue weighted by Gasteiger charge is -2.17. The quantitative estimate of drug-likeness (QED) is 0.573. The Morgan fingerprint density at radius 1 is 1.25 bits per heavy atom. The molecule has 0 amide bonds. The summed E-state index contributed by atoms with van der Waals surface area (Å²) < 4.78 is 0. The minimum atomic E-state index is -1.23. The third-order valence-electron chi connectivity index (χ3n) is 2.35. The van der Waals surface area contributed by atoms with E-state index in [1.165, 1.54) is 18.2 Å². The van der Waals surface area contributed by atoms with Gasteiger partial charge in [-0.25, -0.2) is 0 Å². The molecule has 0 fully saturated rings. The highest BCUT2D eigenvalue weighted by molar-refractivity contribution is 6.30. The van der Waals surface area contributed by atoms with Crippen LogP contribution in [0.5, 0.6) is 0 Å². The molecule has 8 nitrogen and oxygen atoms in total. The normalized spacial score (nSPS) is 10.5. The summed E-state index contributed by atoms with van der Waals surface area (Å²) in [6.45, 7) is -1.29. The van der Waals surface area contributed by atoms with Gasteiger partial charge in [0.25, 0.3) is 5.69 Å². The first kappa shape index (κ1) is 15.9. The van der Waals surface area contributed by atoms with Crippen LogP contribution in [-0.4, -0.2) is 45.1 Å². The van der Waals surface area contributed by atoms with Crippen LogP contribution in [0.4, 0.5) is 5.69 Å². The van der Waals surface area contributed by atoms with Crippen molar-refractivity contribution in [1.29, 1.82) is 0 Å². The van der Waals surface area contributed by atoms with E-state index < -0.39 is 30.0 Å². The molecule has 20 heavy (non-hydrogen) atoms. The van der Waals surface area contributed by atoms with Gasteiger partial charge in [-0.1, -0.05) is 11.6 Å². The van der Waals surface area contributed by atoms with Gasteiger partial charge >= 0.3 is 11.9 Å². The zero-order chi connectivity index (χ0) is 15.3. The average molecular weight is 303 g/mol. The van der Waals surface area contributed by atoms with E-state index in [1.807, 2.05) is 0 Å². The van der Waals surface area contributed by atoms with Crippen molar-refractivity contribution in [2.75, 3.05) is 13.1 Å². The van der Waals surface area contributed by atoms with Crippen molar-refractivity contribution < 1.29 is 24.7 Å². The molecule has 0 aliphatic heterocycles. The molecule has 9 heteroatoms. The Hall–Kier alpha value is -2.19. The number of halogens is 1. The number of carboxylic acids is 2. The third-order valence-corrected chi connectivity index (χ3v) is 2.59. The van der Waals surface area contributed by atoms with Crippen LogP contribution in [0, 0.1) is 10.1 Å². The maximum Gasteiger partial charge on any atom is 0.317 e. The van der Waals surface area contributed by atoms with Gasteiger partial charge in [0.2, 0.25) is 0 Å². The van der Waals surface area contributed by atoms with Crippen LogP contribution < -0.4 is 0 Å². The maximum atomic E-state index is 10.9. The molecule has 0 radical (unpaired) electrons. The molecule has 1 aromatic carbocycles. The molecule has 0 aromatic heterocycles. The second-order valence-electron chi connectivity index (χ2n) is 3.96. The first-order valence-electron chi connectivity index (χ1n) is 5.38. The van der Waals surface area contributed by atoms with E-state index in [0.29, 0.717) is 0 Å². The number of carboxylic acid groups (broad SMARTS) is 2. The van der Waals surface area contributed by atoms with E-state index in [4.69, 9.17) is 21.8 Å². The second-order valence-corrected chi connectivity index (χ2v) is 4.40. The number of aliphatic carboxylic acids is 2. The molecule has 0 unspecified atom stereocenters. The van der Waals surface area contributed by atoms with Gasteiger partial charge in [-0.2, -0.15) is 0 Å². The lowest BCUT2D eigenvalue weighted by atomic mass is 10.1. The van der Waals surface area contributed by atoms with Crippen LogP contribution in [0.3, 0.4) is 0 Å². The summed E-state index contributed by atoms with van der Waals surface area (Å²) in [7, 11) is 0. The largest absolute Gasteiger partial charge is 0.480 e. The lowest BCUT2D eigenvalue weighted by Crippen LogP contribution is -2.34. The third kappa shape index (κ3) is 4.82. The molecule has 0 saturated carbocycles. The van der Waals surface area contributed by atoms with E-state index in [2.05, 4.69) is 0 Å². The first-order chi connectivity index (χ1) is 9.29. The highest BCUT2D eigenvalue weighted by Gasteiger charge is 2.20. The van der Waals surface area contributed by atoms with Crippen LogP contribution in [-0.2, 0) is 16.1 Å². The van der Waals surface area contributed by atoms with Gasteiger partial charge in [0, 0.05) is 23.2 Å². The summed E-state index contributed by atoms with van der Waals surface area (Å²) in [5.41, 5.74) is -0.0832. The SMILES string of the molecule is O=C(O)CN(CC(=O)O)Cc1cc(Cl)ccc1[N+](=O)[O-]. The van der Waals surface area contributed by atoms with Crippen LogP contribution in [0.15, 0.2) is 18.2 Å². The standard InChI is InChI=1S/C11H11ClN2O6/c12-8-1-2-9(14(19)20)7(3-8)4-13(5-10(15)16)6-11(17)18/h1-3H,4-6H2,(H,15,16)(H,17,18). The summed E-state index contributed by atoms with van der Waals surface area (Å²) in [5.74, 6) is -2.45. The second kappa shape index (κ2) is 6.83. The Labute approximate surface area is 118 Å². The van der Waals surface area contributed by atoms with Crippen molar-refractivity contribution in [2.24, 2.45) is 0 Å². The summed E-state index contributed by atoms with van der Waals surface area (Å²) in [5, 5.41) is 28.5. The van der Waals surface area contributed by atoms with Gasteiger partial charge in [0.05, 0.1) is 18.0 Å². The van der Waals surface area contributed by atoms with Gasteiger partial charge in [0.15, 0.2) is 0 Å². The molecule has 108 valence electrons. The molecule has 0 bridgehead atoms. The molecule has 0 aliphatic carbocycles. The molecule has 0 aliphatic rings. The Bertz CT molecular complexity index is 532. The lowest BCUT2D eigenvalue weighted by molar-refractivity contribution is -0.385. The van der Waals surface area contributed by atoms with Crippen LogP contribution >= 0.6 is 11.6 Å². The average Bonchev–Trinajstić information content (AvgIpc) is 2.26. The van der Waals surface area contributed by atoms with Crippen molar-refractivity contribution >= 4 is 29.2 Å². The van der Waals surface area contributed by atoms with E-state index in [1.54, 1.807) is 0 Å². The summed E-state index contributed by atoms with van der Waals surface area (Å²) in [6.07, 6.45) is 0. The van der Waals surface area contributed by atoms with E-state index in [0.717, 1.165) is 4.90 Å². The molecule has 2 N–H and O–H groups in total. The highest BCUT2D eigenvalue weighted by Crippen LogP contribution is 2.24. The minimum absolute atomic E-state index is 0.157. The van der Waals surface area contributed by atoms with Crippen molar-refractivity contribution in [1.82, 2.24) is 4.90 Å². The molecular formula is C11H11ClN2O6. The van der Waals surface area contributed by atoms with E-state index >= 15 is 0 Å². The molecule has 1 aromatic rings. The van der Waals surface area contributed by atoms with Crippen molar-refractivity contribution in [3.05, 3.63) is 38.9 Å². The van der Waals surface area contributed by atoms with Crippen molar-refractivity contribution in [2.45, 2.75) is 6.54 Å². The number of hydrogen-bond acceptors (Lipinski definition) is 5. The number of nitro benzene ring substituents is 1. The minimum Gasteiger partial charge on any atom is -0.480 e. The fourth-order valence-corrected chi connectivity index (χ4v) is 1.84. The first-order valence-corrected chi connectivity index (χ1v) is 5.76. The molecule has 0 saturated heterocycles. The number of benzene rings is 1. The topological polar surface area (TPSA) is 121 Å². The van der Waals surface area contributed by atoms with Gasteiger partial charge in [-0.3, -0.25) is 24.6 Å². The summed E-state index contributed by atoms with van der Waals surface area (Å²) in [4.78, 5) is 32.6. The molecular weight excluding hydrogens is 292 g/mol. The number of nitro groups is 1. The Balaban J connectivity index is 3.02. The maximum absolute atomic E-state index is 10.9. The molecule has 0 spiro atoms. The van der Waals surface area contributed by atoms with Gasteiger partial charge in [0.1, 0.15) is 0 Å². The molecule has 0 atom stereocenters. The predicted octanol–water partition coefficient (Wildman–Crippen LogP) is 1.22. The zero-order valence-corrected chi connectivity index (χ0v) is 10.9. The summed E-state index contributed by atoms with van der Waals surface area (Å²) in [6, 6.07) is 3.84. The number of nitrogens with zero attached hydrogens (tertiary/aromatic N) is 2. The highest BCUT2D eigenvalue weighted by atomic mass is 35.5. The van der Waals surface area contributed by atoms with E-state index in [-0.39, 0.29) is 22.8 Å². The summed E-state index contributed by atoms with van der Waals surface area (Å²) >= 11 is 5.74. The monoisotopic (exact) mass is 302 g/mol. The van der Waals surface area contributed by atoms with Crippen LogP contribution in [0.1, 0.15) is 5.56 Å². The number of hydrogen-bond donors (Lipinski definition) is 2. The smallest absolute Gasteiger partial charge is 0.317 e. The van der Waals surface area contributed by atoms with E-state index in [9.17, 15) is 19.7 Å². The fraction of sp³-hybridized carbons (Fsp3) is 0.273. The molecule has 0 heterocycles. The number of carbonyl (C=O) groups is 2. The van der Waals surface area contributed by atoms with Crippen LogP contribution in [0.25, 0.3) is 0 Å². The predicted molar refractivity (Wildman–Crippen MR) is 68.7 cm³/mol. The molecule has 1 rings (SSSR count). The Morgan fingerprint density at radius 3 is 2.25 bits per heavy atom. The van der Waals surface area contributed by atoms with Crippen molar-refractivity contribution in [3.8, 4) is 0 Å². The van der Waals surface area contributed by atoms with Gasteiger partial charge in [-0.05, 0) is 12.1 Å². The fourth-order valence-electron chi connectivity index (χ4n) is 1.65. The van der Waals surface area contributed by atoms with Crippen LogP contribution in [0.2, 0.25) is 5.02 Å². The number of rotatable bonds is 7. The van der Waals surface area contributed by atoms with Crippen molar-refractivity contribution in [3.63, 3.8) is 0 Å². The zero-order valence-electron chi connectivity index (χ0n) is 10.2. The van der Waals surface area contributed by atoms with Gasteiger partial charge in [-0.15, -0.1) is 0 Å². The Morgan fingerprint density at radius 2 is 1.80 bits per heavy atom. The van der Waals surface area contributed by atoms with Gasteiger partial charge < -0.3 is 10.2 Å².